The summed E-state index contributed by atoms with van der Waals surface area (Å²) in [5.41, 5.74) is -2.46. The molecule has 1 aromatic rings. The lowest BCUT2D eigenvalue weighted by molar-refractivity contribution is -0.384. The van der Waals surface area contributed by atoms with Gasteiger partial charge < -0.3 is 10.2 Å². The SMILES string of the molecule is CC(C)N(C(=O)c1cc([N+](=O)[O-])c(NC2CC2)cc1C(F)(F)F)C1CCCCC1. The predicted octanol–water partition coefficient (Wildman–Crippen LogP) is 5.37. The van der Waals surface area contributed by atoms with Crippen molar-refractivity contribution in [3.8, 4) is 0 Å². The van der Waals surface area contributed by atoms with Crippen LogP contribution in [0.1, 0.15) is 74.7 Å². The number of nitro groups is 1. The van der Waals surface area contributed by atoms with Crippen molar-refractivity contribution < 1.29 is 22.9 Å². The van der Waals surface area contributed by atoms with Crippen LogP contribution in [-0.2, 0) is 6.18 Å². The molecule has 2 aliphatic rings. The van der Waals surface area contributed by atoms with Crippen LogP contribution in [0.25, 0.3) is 0 Å². The maximum atomic E-state index is 13.8. The van der Waals surface area contributed by atoms with Gasteiger partial charge in [0.1, 0.15) is 5.69 Å². The summed E-state index contributed by atoms with van der Waals surface area (Å²) in [6.45, 7) is 3.52. The molecule has 0 heterocycles. The van der Waals surface area contributed by atoms with E-state index < -0.39 is 33.8 Å². The molecule has 1 aromatic carbocycles. The molecule has 0 radical (unpaired) electrons. The summed E-state index contributed by atoms with van der Waals surface area (Å²) in [6.07, 6.45) is 1.04. The van der Waals surface area contributed by atoms with Gasteiger partial charge in [-0.15, -0.1) is 0 Å². The molecular weight excluding hydrogens is 387 g/mol. The van der Waals surface area contributed by atoms with Crippen molar-refractivity contribution in [3.63, 3.8) is 0 Å². The number of nitrogens with zero attached hydrogens (tertiary/aromatic N) is 2. The summed E-state index contributed by atoms with van der Waals surface area (Å²) >= 11 is 0. The van der Waals surface area contributed by atoms with E-state index >= 15 is 0 Å². The zero-order chi connectivity index (χ0) is 21.3. The average molecular weight is 413 g/mol. The second-order valence-corrected chi connectivity index (χ2v) is 8.19. The molecule has 0 bridgehead atoms. The van der Waals surface area contributed by atoms with Crippen LogP contribution in [0.3, 0.4) is 0 Å². The third-order valence-corrected chi connectivity index (χ3v) is 5.56. The largest absolute Gasteiger partial charge is 0.417 e. The monoisotopic (exact) mass is 413 g/mol. The van der Waals surface area contributed by atoms with E-state index in [-0.39, 0.29) is 23.8 Å². The zero-order valence-corrected chi connectivity index (χ0v) is 16.6. The number of hydrogen-bond donors (Lipinski definition) is 1. The zero-order valence-electron chi connectivity index (χ0n) is 16.6. The molecular formula is C20H26F3N3O3. The third kappa shape index (κ3) is 4.82. The van der Waals surface area contributed by atoms with Gasteiger partial charge in [-0.05, 0) is 45.6 Å². The summed E-state index contributed by atoms with van der Waals surface area (Å²) < 4.78 is 41.4. The number of nitrogens with one attached hydrogen (secondary N) is 1. The van der Waals surface area contributed by atoms with Crippen molar-refractivity contribution >= 4 is 17.3 Å². The Kier molecular flexibility index (Phi) is 6.05. The van der Waals surface area contributed by atoms with Gasteiger partial charge in [-0.25, -0.2) is 0 Å². The van der Waals surface area contributed by atoms with Gasteiger partial charge in [0, 0.05) is 24.2 Å². The van der Waals surface area contributed by atoms with E-state index in [0.717, 1.165) is 57.1 Å². The summed E-state index contributed by atoms with van der Waals surface area (Å²) in [6, 6.07) is 0.998. The highest BCUT2D eigenvalue weighted by Gasteiger charge is 2.41. The van der Waals surface area contributed by atoms with Crippen LogP contribution in [0.4, 0.5) is 24.5 Å². The van der Waals surface area contributed by atoms with Gasteiger partial charge in [-0.1, -0.05) is 19.3 Å². The molecule has 160 valence electrons. The molecule has 0 spiro atoms. The summed E-state index contributed by atoms with van der Waals surface area (Å²) in [7, 11) is 0. The minimum atomic E-state index is -4.80. The molecule has 6 nitrogen and oxygen atoms in total. The van der Waals surface area contributed by atoms with E-state index in [2.05, 4.69) is 5.32 Å². The maximum Gasteiger partial charge on any atom is 0.417 e. The van der Waals surface area contributed by atoms with Gasteiger partial charge >= 0.3 is 6.18 Å². The Labute approximate surface area is 167 Å². The number of halogens is 3. The van der Waals surface area contributed by atoms with Gasteiger partial charge in [0.2, 0.25) is 0 Å². The second-order valence-electron chi connectivity index (χ2n) is 8.19. The molecule has 29 heavy (non-hydrogen) atoms. The Morgan fingerprint density at radius 1 is 1.17 bits per heavy atom. The Bertz CT molecular complexity index is 785. The number of hydrogen-bond acceptors (Lipinski definition) is 4. The molecule has 0 unspecified atom stereocenters. The minimum Gasteiger partial charge on any atom is -0.377 e. The lowest BCUT2D eigenvalue weighted by Crippen LogP contribution is -2.46. The number of rotatable bonds is 6. The minimum absolute atomic E-state index is 0.0641. The Hall–Kier alpha value is -2.32. The van der Waals surface area contributed by atoms with Gasteiger partial charge in [-0.3, -0.25) is 14.9 Å². The number of benzene rings is 1. The Morgan fingerprint density at radius 2 is 1.79 bits per heavy atom. The van der Waals surface area contributed by atoms with Crippen LogP contribution in [0.2, 0.25) is 0 Å². The first-order valence-electron chi connectivity index (χ1n) is 10.1. The molecule has 0 aliphatic heterocycles. The molecule has 3 rings (SSSR count). The molecule has 9 heteroatoms. The van der Waals surface area contributed by atoms with Crippen molar-refractivity contribution in [1.82, 2.24) is 4.90 Å². The number of carbonyl (C=O) groups excluding carboxylic acids is 1. The van der Waals surface area contributed by atoms with Crippen molar-refractivity contribution in [2.24, 2.45) is 0 Å². The molecule has 1 amide bonds. The first kappa shape index (κ1) is 21.4. The normalized spacial score (nSPS) is 18.0. The molecule has 2 aliphatic carbocycles. The van der Waals surface area contributed by atoms with E-state index in [1.807, 2.05) is 0 Å². The fourth-order valence-electron chi connectivity index (χ4n) is 4.03. The van der Waals surface area contributed by atoms with Gasteiger partial charge in [0.05, 0.1) is 16.1 Å². The molecule has 2 saturated carbocycles. The lowest BCUT2D eigenvalue weighted by atomic mass is 9.92. The summed E-state index contributed by atoms with van der Waals surface area (Å²) in [5.74, 6) is -0.791. The van der Waals surface area contributed by atoms with Crippen LogP contribution < -0.4 is 5.32 Å². The standard InChI is InChI=1S/C20H26F3N3O3/c1-12(2)25(14-6-4-3-5-7-14)19(27)15-10-18(26(28)29)17(24-13-8-9-13)11-16(15)20(21,22)23/h10-14,24H,3-9H2,1-2H3. The summed E-state index contributed by atoms with van der Waals surface area (Å²) in [4.78, 5) is 25.5. The molecule has 0 saturated heterocycles. The van der Waals surface area contributed by atoms with Crippen LogP contribution >= 0.6 is 0 Å². The van der Waals surface area contributed by atoms with Crippen LogP contribution in [0, 0.1) is 10.1 Å². The highest BCUT2D eigenvalue weighted by atomic mass is 19.4. The third-order valence-electron chi connectivity index (χ3n) is 5.56. The number of nitro benzene ring substituents is 1. The van der Waals surface area contributed by atoms with Crippen molar-refractivity contribution in [1.29, 1.82) is 0 Å². The number of amides is 1. The first-order chi connectivity index (χ1) is 13.6. The van der Waals surface area contributed by atoms with E-state index in [1.54, 1.807) is 13.8 Å². The Morgan fingerprint density at radius 3 is 2.28 bits per heavy atom. The van der Waals surface area contributed by atoms with Crippen molar-refractivity contribution in [2.75, 3.05) is 5.32 Å². The number of alkyl halides is 3. The van der Waals surface area contributed by atoms with Crippen molar-refractivity contribution in [3.05, 3.63) is 33.4 Å². The first-order valence-corrected chi connectivity index (χ1v) is 10.1. The second kappa shape index (κ2) is 8.20. The lowest BCUT2D eigenvalue weighted by Gasteiger charge is -2.38. The smallest absolute Gasteiger partial charge is 0.377 e. The topological polar surface area (TPSA) is 75.5 Å². The van der Waals surface area contributed by atoms with Crippen molar-refractivity contribution in [2.45, 2.75) is 83.1 Å². The van der Waals surface area contributed by atoms with E-state index in [0.29, 0.717) is 0 Å². The fraction of sp³-hybridized carbons (Fsp3) is 0.650. The Balaban J connectivity index is 2.08. The van der Waals surface area contributed by atoms with Gasteiger partial charge in [0.25, 0.3) is 11.6 Å². The fourth-order valence-corrected chi connectivity index (χ4v) is 4.03. The van der Waals surface area contributed by atoms with Crippen LogP contribution in [0.5, 0.6) is 0 Å². The molecule has 2 fully saturated rings. The van der Waals surface area contributed by atoms with Gasteiger partial charge in [-0.2, -0.15) is 13.2 Å². The van der Waals surface area contributed by atoms with Crippen LogP contribution in [-0.4, -0.2) is 33.9 Å². The van der Waals surface area contributed by atoms with Crippen LogP contribution in [0.15, 0.2) is 12.1 Å². The average Bonchev–Trinajstić information content (AvgIpc) is 3.45. The summed E-state index contributed by atoms with van der Waals surface area (Å²) in [5, 5.41) is 14.3. The maximum absolute atomic E-state index is 13.8. The quantitative estimate of drug-likeness (QED) is 0.502. The number of carbonyl (C=O) groups is 1. The molecule has 1 N–H and O–H groups in total. The molecule has 0 aromatic heterocycles. The van der Waals surface area contributed by atoms with E-state index in [1.165, 1.54) is 4.90 Å². The highest BCUT2D eigenvalue weighted by molar-refractivity contribution is 5.98. The molecule has 0 atom stereocenters. The number of anilines is 1. The van der Waals surface area contributed by atoms with E-state index in [9.17, 15) is 28.1 Å². The van der Waals surface area contributed by atoms with E-state index in [4.69, 9.17) is 0 Å². The highest BCUT2D eigenvalue weighted by Crippen LogP contribution is 2.40. The predicted molar refractivity (Wildman–Crippen MR) is 103 cm³/mol. The van der Waals surface area contributed by atoms with Gasteiger partial charge in [0.15, 0.2) is 0 Å².